The molecule has 0 spiro atoms. The number of likely N-dealkylation sites (tertiary alicyclic amines) is 1. The molecule has 8 heteroatoms. The van der Waals surface area contributed by atoms with Gasteiger partial charge in [0, 0.05) is 36.3 Å². The van der Waals surface area contributed by atoms with Crippen LogP contribution in [-0.2, 0) is 10.0 Å². The van der Waals surface area contributed by atoms with Crippen LogP contribution in [0.5, 0.6) is 0 Å². The number of hydrogen-bond donors (Lipinski definition) is 2. The number of benzene rings is 2. The fourth-order valence-corrected chi connectivity index (χ4v) is 3.69. The van der Waals surface area contributed by atoms with E-state index in [-0.39, 0.29) is 30.3 Å². The van der Waals surface area contributed by atoms with Gasteiger partial charge in [0.25, 0.3) is 5.91 Å². The van der Waals surface area contributed by atoms with E-state index in [4.69, 9.17) is 5.73 Å². The van der Waals surface area contributed by atoms with Crippen molar-refractivity contribution in [1.82, 2.24) is 4.90 Å². The van der Waals surface area contributed by atoms with Gasteiger partial charge in [0.2, 0.25) is 10.0 Å². The predicted octanol–water partition coefficient (Wildman–Crippen LogP) is 2.05. The maximum atomic E-state index is 12.7. The third-order valence-electron chi connectivity index (χ3n) is 4.32. The molecule has 0 saturated carbocycles. The number of nitrogens with two attached hydrogens (primary N) is 1. The number of nitrogens with zero attached hydrogens (tertiary/aromatic N) is 1. The summed E-state index contributed by atoms with van der Waals surface area (Å²) < 4.78 is 24.9. The van der Waals surface area contributed by atoms with Crippen LogP contribution in [0.3, 0.4) is 0 Å². The molecular weight excluding hydrogens is 374 g/mol. The lowest BCUT2D eigenvalue weighted by Gasteiger charge is -2.17. The third kappa shape index (κ3) is 4.75. The zero-order valence-electron chi connectivity index (χ0n) is 14.3. The summed E-state index contributed by atoms with van der Waals surface area (Å²) in [6.07, 6.45) is 1.08. The molecule has 140 valence electrons. The van der Waals surface area contributed by atoms with Crippen LogP contribution in [0.2, 0.25) is 0 Å². The van der Waals surface area contributed by atoms with E-state index in [1.807, 2.05) is 30.3 Å². The SMILES string of the molecule is CS(=O)(=O)Nc1ccc(C(=O)N2C[C@@H](N)[C@H](c3ccccc3)C2)cc1.Cl. The molecule has 3 N–H and O–H groups in total. The fraction of sp³-hybridized carbons (Fsp3) is 0.278. The van der Waals surface area contributed by atoms with E-state index >= 15 is 0 Å². The molecule has 3 rings (SSSR count). The Labute approximate surface area is 159 Å². The highest BCUT2D eigenvalue weighted by Gasteiger charge is 2.34. The first kappa shape index (κ1) is 20.2. The van der Waals surface area contributed by atoms with E-state index in [1.165, 1.54) is 0 Å². The van der Waals surface area contributed by atoms with Gasteiger partial charge in [-0.1, -0.05) is 30.3 Å². The zero-order chi connectivity index (χ0) is 18.0. The quantitative estimate of drug-likeness (QED) is 0.828. The molecule has 2 aromatic rings. The molecular formula is C18H22ClN3O3S. The number of amides is 1. The summed E-state index contributed by atoms with van der Waals surface area (Å²) in [5.74, 6) is 0.0242. The van der Waals surface area contributed by atoms with Gasteiger partial charge in [-0.25, -0.2) is 8.42 Å². The number of carbonyl (C=O) groups excluding carboxylic acids is 1. The lowest BCUT2D eigenvalue weighted by Crippen LogP contribution is -2.32. The maximum Gasteiger partial charge on any atom is 0.253 e. The van der Waals surface area contributed by atoms with E-state index < -0.39 is 10.0 Å². The number of rotatable bonds is 4. The van der Waals surface area contributed by atoms with Gasteiger partial charge in [-0.05, 0) is 29.8 Å². The van der Waals surface area contributed by atoms with Crippen LogP contribution in [0.15, 0.2) is 54.6 Å². The number of anilines is 1. The minimum absolute atomic E-state index is 0. The van der Waals surface area contributed by atoms with Crippen molar-refractivity contribution in [2.24, 2.45) is 5.73 Å². The number of sulfonamides is 1. The van der Waals surface area contributed by atoms with E-state index in [9.17, 15) is 13.2 Å². The molecule has 0 aliphatic carbocycles. The van der Waals surface area contributed by atoms with Crippen LogP contribution in [-0.4, -0.2) is 44.6 Å². The Morgan fingerprint density at radius 1 is 1.08 bits per heavy atom. The summed E-state index contributed by atoms with van der Waals surface area (Å²) in [4.78, 5) is 14.4. The fourth-order valence-electron chi connectivity index (χ4n) is 3.13. The molecule has 1 aliphatic heterocycles. The summed E-state index contributed by atoms with van der Waals surface area (Å²) in [5.41, 5.74) is 8.32. The van der Waals surface area contributed by atoms with Crippen molar-refractivity contribution >= 4 is 34.0 Å². The number of hydrogen-bond acceptors (Lipinski definition) is 4. The third-order valence-corrected chi connectivity index (χ3v) is 4.92. The van der Waals surface area contributed by atoms with Crippen LogP contribution in [0.25, 0.3) is 0 Å². The Balaban J connectivity index is 0.00000243. The van der Waals surface area contributed by atoms with Gasteiger partial charge in [0.1, 0.15) is 0 Å². The van der Waals surface area contributed by atoms with E-state index in [0.29, 0.717) is 24.3 Å². The van der Waals surface area contributed by atoms with E-state index in [1.54, 1.807) is 29.2 Å². The minimum atomic E-state index is -3.33. The number of nitrogens with one attached hydrogen (secondary N) is 1. The van der Waals surface area contributed by atoms with E-state index in [0.717, 1.165) is 11.8 Å². The summed E-state index contributed by atoms with van der Waals surface area (Å²) in [6.45, 7) is 1.08. The largest absolute Gasteiger partial charge is 0.336 e. The first-order valence-electron chi connectivity index (χ1n) is 8.01. The molecule has 26 heavy (non-hydrogen) atoms. The number of halogens is 1. The van der Waals surface area contributed by atoms with Crippen LogP contribution >= 0.6 is 12.4 Å². The van der Waals surface area contributed by atoms with Gasteiger partial charge in [0.15, 0.2) is 0 Å². The minimum Gasteiger partial charge on any atom is -0.336 e. The second-order valence-corrected chi connectivity index (χ2v) is 8.09. The molecule has 0 aromatic heterocycles. The summed E-state index contributed by atoms with van der Waals surface area (Å²) in [7, 11) is -3.33. The van der Waals surface area contributed by atoms with Gasteiger partial charge in [-0.2, -0.15) is 0 Å². The highest BCUT2D eigenvalue weighted by molar-refractivity contribution is 7.92. The number of carbonyl (C=O) groups is 1. The normalized spacial score (nSPS) is 19.7. The first-order valence-corrected chi connectivity index (χ1v) is 9.90. The first-order chi connectivity index (χ1) is 11.8. The van der Waals surface area contributed by atoms with Crippen molar-refractivity contribution in [2.75, 3.05) is 24.1 Å². The zero-order valence-corrected chi connectivity index (χ0v) is 16.0. The van der Waals surface area contributed by atoms with Crippen LogP contribution in [0.4, 0.5) is 5.69 Å². The molecule has 2 atom stereocenters. The summed E-state index contributed by atoms with van der Waals surface area (Å²) in [6, 6.07) is 16.3. The van der Waals surface area contributed by atoms with Crippen LogP contribution in [0, 0.1) is 0 Å². The Hall–Kier alpha value is -2.09. The van der Waals surface area contributed by atoms with Crippen molar-refractivity contribution in [1.29, 1.82) is 0 Å². The lowest BCUT2D eigenvalue weighted by atomic mass is 9.95. The maximum absolute atomic E-state index is 12.7. The van der Waals surface area contributed by atoms with Crippen molar-refractivity contribution < 1.29 is 13.2 Å². The predicted molar refractivity (Wildman–Crippen MR) is 105 cm³/mol. The molecule has 1 aliphatic rings. The van der Waals surface area contributed by atoms with Gasteiger partial charge >= 0.3 is 0 Å². The van der Waals surface area contributed by atoms with Gasteiger partial charge in [-0.15, -0.1) is 12.4 Å². The van der Waals surface area contributed by atoms with Crippen molar-refractivity contribution in [3.63, 3.8) is 0 Å². The summed E-state index contributed by atoms with van der Waals surface area (Å²) in [5, 5.41) is 0. The monoisotopic (exact) mass is 395 g/mol. The Morgan fingerprint density at radius 2 is 1.69 bits per heavy atom. The Morgan fingerprint density at radius 3 is 2.27 bits per heavy atom. The van der Waals surface area contributed by atoms with Crippen molar-refractivity contribution in [3.05, 3.63) is 65.7 Å². The van der Waals surface area contributed by atoms with Gasteiger partial charge in [-0.3, -0.25) is 9.52 Å². The topological polar surface area (TPSA) is 92.5 Å². The lowest BCUT2D eigenvalue weighted by molar-refractivity contribution is 0.0789. The molecule has 0 bridgehead atoms. The van der Waals surface area contributed by atoms with Crippen LogP contribution in [0.1, 0.15) is 21.8 Å². The molecule has 0 radical (unpaired) electrons. The molecule has 2 aromatic carbocycles. The molecule has 6 nitrogen and oxygen atoms in total. The second kappa shape index (κ2) is 8.07. The van der Waals surface area contributed by atoms with Crippen LogP contribution < -0.4 is 10.5 Å². The smallest absolute Gasteiger partial charge is 0.253 e. The van der Waals surface area contributed by atoms with Crippen molar-refractivity contribution in [3.8, 4) is 0 Å². The highest BCUT2D eigenvalue weighted by atomic mass is 35.5. The molecule has 1 heterocycles. The van der Waals surface area contributed by atoms with Gasteiger partial charge in [0.05, 0.1) is 6.26 Å². The highest BCUT2D eigenvalue weighted by Crippen LogP contribution is 2.27. The standard InChI is InChI=1S/C18H21N3O3S.ClH/c1-25(23,24)20-15-9-7-14(8-10-15)18(22)21-11-16(17(19)12-21)13-5-3-2-4-6-13;/h2-10,16-17,20H,11-12,19H2,1H3;1H/t16-,17+;/m0./s1. The Bertz CT molecular complexity index is 857. The average Bonchev–Trinajstić information content (AvgIpc) is 2.96. The van der Waals surface area contributed by atoms with Crippen molar-refractivity contribution in [2.45, 2.75) is 12.0 Å². The van der Waals surface area contributed by atoms with E-state index in [2.05, 4.69) is 4.72 Å². The molecule has 0 unspecified atom stereocenters. The molecule has 1 saturated heterocycles. The Kier molecular flexibility index (Phi) is 6.28. The van der Waals surface area contributed by atoms with Gasteiger partial charge < -0.3 is 10.6 Å². The summed E-state index contributed by atoms with van der Waals surface area (Å²) >= 11 is 0. The average molecular weight is 396 g/mol. The molecule has 1 amide bonds. The second-order valence-electron chi connectivity index (χ2n) is 6.34. The molecule has 1 fully saturated rings.